The lowest BCUT2D eigenvalue weighted by Gasteiger charge is -2.26. The normalized spacial score (nSPS) is 13.1. The van der Waals surface area contributed by atoms with Crippen molar-refractivity contribution in [3.05, 3.63) is 17.5 Å². The number of ether oxygens (including phenoxy) is 1. The number of esters is 1. The van der Waals surface area contributed by atoms with Gasteiger partial charge in [-0.25, -0.2) is 4.79 Å². The van der Waals surface area contributed by atoms with Gasteiger partial charge in [-0.15, -0.1) is 0 Å². The van der Waals surface area contributed by atoms with Crippen molar-refractivity contribution in [2.45, 2.75) is 53.2 Å². The molecule has 6 nitrogen and oxygen atoms in total. The van der Waals surface area contributed by atoms with Gasteiger partial charge in [0.15, 0.2) is 0 Å². The molecular formula is C15H25N3O3. The highest BCUT2D eigenvalue weighted by Gasteiger charge is 2.30. The van der Waals surface area contributed by atoms with E-state index in [4.69, 9.17) is 4.74 Å². The summed E-state index contributed by atoms with van der Waals surface area (Å²) in [5, 5.41) is 6.87. The van der Waals surface area contributed by atoms with Crippen LogP contribution in [0.1, 0.15) is 50.7 Å². The molecule has 0 spiro atoms. The second-order valence-electron chi connectivity index (χ2n) is 6.53. The molecule has 0 aliphatic carbocycles. The highest BCUT2D eigenvalue weighted by atomic mass is 16.6. The van der Waals surface area contributed by atoms with Crippen LogP contribution in [0, 0.1) is 12.8 Å². The molecular weight excluding hydrogens is 270 g/mol. The average Bonchev–Trinajstić information content (AvgIpc) is 2.62. The van der Waals surface area contributed by atoms with E-state index in [0.29, 0.717) is 11.3 Å². The van der Waals surface area contributed by atoms with Gasteiger partial charge in [-0.1, -0.05) is 13.8 Å². The molecule has 0 radical (unpaired) electrons. The molecule has 1 atom stereocenters. The Balaban J connectivity index is 2.86. The number of hydrogen-bond donors (Lipinski definition) is 1. The zero-order valence-corrected chi connectivity index (χ0v) is 13.9. The molecule has 118 valence electrons. The number of aryl methyl sites for hydroxylation is 2. The van der Waals surface area contributed by atoms with E-state index in [9.17, 15) is 9.59 Å². The third-order valence-electron chi connectivity index (χ3n) is 2.87. The third kappa shape index (κ3) is 4.88. The first kappa shape index (κ1) is 17.2. The van der Waals surface area contributed by atoms with Crippen molar-refractivity contribution in [3.63, 3.8) is 0 Å². The Labute approximate surface area is 125 Å². The molecule has 21 heavy (non-hydrogen) atoms. The average molecular weight is 295 g/mol. The SMILES string of the molecule is Cc1nn(C)cc1C(=O)N[C@@H](C(=O)OC(C)(C)C)C(C)C. The smallest absolute Gasteiger partial charge is 0.329 e. The molecule has 0 aliphatic heterocycles. The first-order valence-electron chi connectivity index (χ1n) is 7.05. The fourth-order valence-electron chi connectivity index (χ4n) is 1.90. The summed E-state index contributed by atoms with van der Waals surface area (Å²) < 4.78 is 6.93. The molecule has 0 unspecified atom stereocenters. The fourth-order valence-corrected chi connectivity index (χ4v) is 1.90. The Morgan fingerprint density at radius 1 is 1.33 bits per heavy atom. The fraction of sp³-hybridized carbons (Fsp3) is 0.667. The van der Waals surface area contributed by atoms with E-state index < -0.39 is 17.6 Å². The van der Waals surface area contributed by atoms with Crippen LogP contribution in [0.2, 0.25) is 0 Å². The Morgan fingerprint density at radius 2 is 1.90 bits per heavy atom. The zero-order valence-electron chi connectivity index (χ0n) is 13.9. The van der Waals surface area contributed by atoms with Gasteiger partial charge in [-0.2, -0.15) is 5.10 Å². The molecule has 1 aromatic rings. The summed E-state index contributed by atoms with van der Waals surface area (Å²) in [5.74, 6) is -0.807. The molecule has 0 bridgehead atoms. The maximum atomic E-state index is 12.3. The van der Waals surface area contributed by atoms with Crippen LogP contribution >= 0.6 is 0 Å². The molecule has 1 rings (SSSR count). The van der Waals surface area contributed by atoms with Crippen molar-refractivity contribution in [2.75, 3.05) is 0 Å². The highest BCUT2D eigenvalue weighted by molar-refractivity contribution is 5.97. The van der Waals surface area contributed by atoms with Crippen LogP contribution in [0.5, 0.6) is 0 Å². The van der Waals surface area contributed by atoms with Crippen LogP contribution in [-0.2, 0) is 16.6 Å². The lowest BCUT2D eigenvalue weighted by Crippen LogP contribution is -2.47. The van der Waals surface area contributed by atoms with Crippen LogP contribution < -0.4 is 5.32 Å². The van der Waals surface area contributed by atoms with Gasteiger partial charge in [-0.3, -0.25) is 9.48 Å². The van der Waals surface area contributed by atoms with Crippen molar-refractivity contribution in [3.8, 4) is 0 Å². The number of hydrogen-bond acceptors (Lipinski definition) is 4. The monoisotopic (exact) mass is 295 g/mol. The van der Waals surface area contributed by atoms with E-state index in [1.165, 1.54) is 0 Å². The third-order valence-corrected chi connectivity index (χ3v) is 2.87. The number of nitrogens with one attached hydrogen (secondary N) is 1. The minimum Gasteiger partial charge on any atom is -0.458 e. The van der Waals surface area contributed by atoms with E-state index in [-0.39, 0.29) is 11.8 Å². The number of carbonyl (C=O) groups excluding carboxylic acids is 2. The molecule has 0 fully saturated rings. The second kappa shape index (κ2) is 6.28. The summed E-state index contributed by atoms with van der Waals surface area (Å²) >= 11 is 0. The van der Waals surface area contributed by atoms with Crippen LogP contribution in [0.25, 0.3) is 0 Å². The summed E-state index contributed by atoms with van der Waals surface area (Å²) in [5.41, 5.74) is 0.507. The predicted molar refractivity (Wildman–Crippen MR) is 79.9 cm³/mol. The van der Waals surface area contributed by atoms with Crippen LogP contribution in [0.4, 0.5) is 0 Å². The molecule has 1 N–H and O–H groups in total. The van der Waals surface area contributed by atoms with Gasteiger partial charge in [0.2, 0.25) is 0 Å². The van der Waals surface area contributed by atoms with Gasteiger partial charge in [0.1, 0.15) is 11.6 Å². The number of rotatable bonds is 4. The number of carbonyl (C=O) groups is 2. The first-order chi connectivity index (χ1) is 9.51. The zero-order chi connectivity index (χ0) is 16.4. The molecule has 1 aromatic heterocycles. The van der Waals surface area contributed by atoms with Crippen molar-refractivity contribution < 1.29 is 14.3 Å². The van der Waals surface area contributed by atoms with E-state index in [1.54, 1.807) is 45.6 Å². The minimum atomic E-state index is -0.684. The van der Waals surface area contributed by atoms with Gasteiger partial charge in [0, 0.05) is 13.2 Å². The Kier molecular flexibility index (Phi) is 5.15. The Bertz CT molecular complexity index is 527. The number of amides is 1. The van der Waals surface area contributed by atoms with Crippen LogP contribution in [0.15, 0.2) is 6.20 Å². The first-order valence-corrected chi connectivity index (χ1v) is 7.05. The van der Waals surface area contributed by atoms with E-state index >= 15 is 0 Å². The van der Waals surface area contributed by atoms with Crippen molar-refractivity contribution in [2.24, 2.45) is 13.0 Å². The molecule has 1 heterocycles. The summed E-state index contributed by atoms with van der Waals surface area (Å²) in [7, 11) is 1.75. The predicted octanol–water partition coefficient (Wildman–Crippen LogP) is 1.82. The van der Waals surface area contributed by atoms with E-state index in [1.807, 2.05) is 13.8 Å². The maximum Gasteiger partial charge on any atom is 0.329 e. The van der Waals surface area contributed by atoms with Gasteiger partial charge in [0.25, 0.3) is 5.91 Å². The summed E-state index contributed by atoms with van der Waals surface area (Å²) in [4.78, 5) is 24.5. The minimum absolute atomic E-state index is 0.0687. The summed E-state index contributed by atoms with van der Waals surface area (Å²) in [6, 6.07) is -0.684. The molecule has 0 saturated heterocycles. The maximum absolute atomic E-state index is 12.3. The largest absolute Gasteiger partial charge is 0.458 e. The van der Waals surface area contributed by atoms with Gasteiger partial charge >= 0.3 is 5.97 Å². The van der Waals surface area contributed by atoms with E-state index in [2.05, 4.69) is 10.4 Å². The number of nitrogens with zero attached hydrogens (tertiary/aromatic N) is 2. The van der Waals surface area contributed by atoms with Crippen LogP contribution in [-0.4, -0.2) is 33.3 Å². The molecule has 0 saturated carbocycles. The van der Waals surface area contributed by atoms with Crippen LogP contribution in [0.3, 0.4) is 0 Å². The molecule has 0 aliphatic rings. The molecule has 6 heteroatoms. The molecule has 0 aromatic carbocycles. The number of aromatic nitrogens is 2. The Hall–Kier alpha value is -1.85. The lowest BCUT2D eigenvalue weighted by molar-refractivity contribution is -0.158. The van der Waals surface area contributed by atoms with Gasteiger partial charge in [0.05, 0.1) is 11.3 Å². The Morgan fingerprint density at radius 3 is 2.29 bits per heavy atom. The van der Waals surface area contributed by atoms with Crippen molar-refractivity contribution in [1.29, 1.82) is 0 Å². The van der Waals surface area contributed by atoms with Crippen molar-refractivity contribution >= 4 is 11.9 Å². The summed E-state index contributed by atoms with van der Waals surface area (Å²) in [6.45, 7) is 10.9. The second-order valence-corrected chi connectivity index (χ2v) is 6.53. The van der Waals surface area contributed by atoms with E-state index in [0.717, 1.165) is 0 Å². The topological polar surface area (TPSA) is 73.2 Å². The standard InChI is InChI=1S/C15H25N3O3/c1-9(2)12(14(20)21-15(4,5)6)16-13(19)11-8-18(7)17-10(11)3/h8-9,12H,1-7H3,(H,16,19)/t12-/m1/s1. The molecule has 1 amide bonds. The van der Waals surface area contributed by atoms with Gasteiger partial charge < -0.3 is 10.1 Å². The lowest BCUT2D eigenvalue weighted by atomic mass is 10.0. The van der Waals surface area contributed by atoms with Gasteiger partial charge in [-0.05, 0) is 33.6 Å². The summed E-state index contributed by atoms with van der Waals surface area (Å²) in [6.07, 6.45) is 1.64. The quantitative estimate of drug-likeness (QED) is 0.860. The van der Waals surface area contributed by atoms with Crippen molar-refractivity contribution in [1.82, 2.24) is 15.1 Å². The highest BCUT2D eigenvalue weighted by Crippen LogP contribution is 2.13.